The molecule has 0 amide bonds. The summed E-state index contributed by atoms with van der Waals surface area (Å²) in [5, 5.41) is 1.16. The van der Waals surface area contributed by atoms with Crippen LogP contribution in [-0.4, -0.2) is 22.6 Å². The lowest BCUT2D eigenvalue weighted by Crippen LogP contribution is -2.43. The van der Waals surface area contributed by atoms with E-state index in [4.69, 9.17) is 5.84 Å². The molecule has 1 aliphatic rings. The number of aromatic nitrogens is 2. The van der Waals surface area contributed by atoms with Crippen molar-refractivity contribution in [2.75, 3.05) is 16.9 Å². The number of hydrogen-bond acceptors (Lipinski definition) is 6. The summed E-state index contributed by atoms with van der Waals surface area (Å²) in [6, 6.07) is 2.73. The van der Waals surface area contributed by atoms with E-state index in [0.717, 1.165) is 29.0 Å². The van der Waals surface area contributed by atoms with Gasteiger partial charge in [-0.25, -0.2) is 10.8 Å². The van der Waals surface area contributed by atoms with Gasteiger partial charge < -0.3 is 4.90 Å². The summed E-state index contributed by atoms with van der Waals surface area (Å²) in [6.07, 6.45) is 3.53. The van der Waals surface area contributed by atoms with Gasteiger partial charge in [-0.15, -0.1) is 11.3 Å². The first-order valence-electron chi connectivity index (χ1n) is 7.67. The quantitative estimate of drug-likeness (QED) is 0.673. The molecule has 3 heterocycles. The summed E-state index contributed by atoms with van der Waals surface area (Å²) >= 11 is 1.73. The zero-order chi connectivity index (χ0) is 15.0. The van der Waals surface area contributed by atoms with Crippen molar-refractivity contribution in [1.29, 1.82) is 0 Å². The monoisotopic (exact) mass is 305 g/mol. The van der Waals surface area contributed by atoms with Crippen LogP contribution in [0.5, 0.6) is 0 Å². The van der Waals surface area contributed by atoms with Gasteiger partial charge >= 0.3 is 0 Å². The van der Waals surface area contributed by atoms with Crippen LogP contribution in [0, 0.1) is 5.92 Å². The Hall–Kier alpha value is -1.40. The lowest BCUT2D eigenvalue weighted by Gasteiger charge is -2.39. The highest BCUT2D eigenvalue weighted by Gasteiger charge is 2.28. The third kappa shape index (κ3) is 2.58. The molecule has 1 saturated heterocycles. The average Bonchev–Trinajstić information content (AvgIpc) is 2.92. The molecule has 6 heteroatoms. The van der Waals surface area contributed by atoms with Crippen LogP contribution in [0.25, 0.3) is 10.2 Å². The van der Waals surface area contributed by atoms with Crippen LogP contribution >= 0.6 is 11.3 Å². The van der Waals surface area contributed by atoms with E-state index < -0.39 is 0 Å². The number of nitrogen functional groups attached to an aromatic ring is 1. The summed E-state index contributed by atoms with van der Waals surface area (Å²) in [5.41, 5.74) is 2.61. The summed E-state index contributed by atoms with van der Waals surface area (Å²) < 4.78 is 0. The highest BCUT2D eigenvalue weighted by molar-refractivity contribution is 7.18. The Kier molecular flexibility index (Phi) is 3.99. The van der Waals surface area contributed by atoms with Crippen molar-refractivity contribution in [1.82, 2.24) is 9.97 Å². The molecule has 2 aromatic heterocycles. The molecule has 2 aromatic rings. The Bertz CT molecular complexity index is 638. The number of nitrogens with zero attached hydrogens (tertiary/aromatic N) is 3. The van der Waals surface area contributed by atoms with E-state index in [0.29, 0.717) is 17.9 Å². The van der Waals surface area contributed by atoms with E-state index in [1.165, 1.54) is 17.7 Å². The number of nitrogens with two attached hydrogens (primary N) is 1. The van der Waals surface area contributed by atoms with E-state index in [1.54, 1.807) is 11.3 Å². The van der Waals surface area contributed by atoms with Crippen molar-refractivity contribution in [2.24, 2.45) is 11.8 Å². The van der Waals surface area contributed by atoms with Crippen LogP contribution in [0.4, 0.5) is 11.8 Å². The highest BCUT2D eigenvalue weighted by atomic mass is 32.1. The average molecular weight is 305 g/mol. The van der Waals surface area contributed by atoms with Gasteiger partial charge in [0.15, 0.2) is 0 Å². The molecule has 0 radical (unpaired) electrons. The Labute approximate surface area is 129 Å². The van der Waals surface area contributed by atoms with Gasteiger partial charge in [0.2, 0.25) is 5.95 Å². The first kappa shape index (κ1) is 14.5. The molecule has 0 aliphatic carbocycles. The van der Waals surface area contributed by atoms with Crippen LogP contribution in [-0.2, 0) is 6.42 Å². The first-order chi connectivity index (χ1) is 10.1. The number of piperidine rings is 1. The molecule has 0 bridgehead atoms. The third-order valence-corrected chi connectivity index (χ3v) is 5.72. The first-order valence-corrected chi connectivity index (χ1v) is 8.49. The van der Waals surface area contributed by atoms with Gasteiger partial charge in [0.05, 0.1) is 5.39 Å². The van der Waals surface area contributed by atoms with Crippen molar-refractivity contribution < 1.29 is 0 Å². The van der Waals surface area contributed by atoms with Gasteiger partial charge in [-0.3, -0.25) is 5.43 Å². The maximum atomic E-state index is 5.55. The van der Waals surface area contributed by atoms with E-state index in [1.807, 2.05) is 0 Å². The van der Waals surface area contributed by atoms with E-state index in [-0.39, 0.29) is 0 Å². The molecule has 114 valence electrons. The number of aryl methyl sites for hydroxylation is 1. The standard InChI is InChI=1S/C15H23N5S/c1-4-11-8-12-13(17-15(19-16)18-14(12)21-11)20-7-5-6-9(2)10(20)3/h8-10H,4-7,16H2,1-3H3,(H,17,18,19). The minimum atomic E-state index is 0.493. The van der Waals surface area contributed by atoms with Gasteiger partial charge in [0.25, 0.3) is 0 Å². The van der Waals surface area contributed by atoms with E-state index >= 15 is 0 Å². The third-order valence-electron chi connectivity index (χ3n) is 4.55. The molecular formula is C15H23N5S. The van der Waals surface area contributed by atoms with Crippen molar-refractivity contribution in [3.05, 3.63) is 10.9 Å². The van der Waals surface area contributed by atoms with Gasteiger partial charge in [-0.2, -0.15) is 4.98 Å². The number of anilines is 2. The second-order valence-corrected chi connectivity index (χ2v) is 6.97. The Morgan fingerprint density at radius 2 is 2.24 bits per heavy atom. The van der Waals surface area contributed by atoms with Crippen LogP contribution in [0.2, 0.25) is 0 Å². The fourth-order valence-corrected chi connectivity index (χ4v) is 4.01. The minimum absolute atomic E-state index is 0.493. The van der Waals surface area contributed by atoms with Gasteiger partial charge in [-0.1, -0.05) is 13.8 Å². The number of hydrogen-bond donors (Lipinski definition) is 2. The summed E-state index contributed by atoms with van der Waals surface area (Å²) in [6.45, 7) is 7.84. The molecular weight excluding hydrogens is 282 g/mol. The SMILES string of the molecule is CCc1cc2c(N3CCCC(C)C3C)nc(NN)nc2s1. The fourth-order valence-electron chi connectivity index (χ4n) is 3.05. The lowest BCUT2D eigenvalue weighted by molar-refractivity contribution is 0.362. The molecule has 0 saturated carbocycles. The topological polar surface area (TPSA) is 67.1 Å². The van der Waals surface area contributed by atoms with Gasteiger partial charge in [-0.05, 0) is 38.2 Å². The molecule has 2 atom stereocenters. The second-order valence-electron chi connectivity index (χ2n) is 5.85. The molecule has 0 spiro atoms. The van der Waals surface area contributed by atoms with Crippen molar-refractivity contribution in [3.8, 4) is 0 Å². The number of fused-ring (bicyclic) bond motifs is 1. The van der Waals surface area contributed by atoms with E-state index in [2.05, 4.69) is 47.1 Å². The van der Waals surface area contributed by atoms with E-state index in [9.17, 15) is 0 Å². The van der Waals surface area contributed by atoms with Crippen molar-refractivity contribution in [3.63, 3.8) is 0 Å². The Balaban J connectivity index is 2.12. The van der Waals surface area contributed by atoms with Crippen LogP contribution in [0.15, 0.2) is 6.07 Å². The summed E-state index contributed by atoms with van der Waals surface area (Å²) in [4.78, 5) is 14.0. The maximum absolute atomic E-state index is 5.55. The van der Waals surface area contributed by atoms with Crippen molar-refractivity contribution >= 4 is 33.3 Å². The Morgan fingerprint density at radius 3 is 2.95 bits per heavy atom. The number of rotatable bonds is 3. The predicted octanol–water partition coefficient (Wildman–Crippen LogP) is 3.16. The number of thiophene rings is 1. The predicted molar refractivity (Wildman–Crippen MR) is 89.8 cm³/mol. The highest BCUT2D eigenvalue weighted by Crippen LogP contribution is 2.36. The minimum Gasteiger partial charge on any atom is -0.353 e. The normalized spacial score (nSPS) is 22.8. The zero-order valence-electron chi connectivity index (χ0n) is 12.9. The maximum Gasteiger partial charge on any atom is 0.240 e. The fraction of sp³-hybridized carbons (Fsp3) is 0.600. The van der Waals surface area contributed by atoms with Crippen molar-refractivity contribution in [2.45, 2.75) is 46.1 Å². The summed E-state index contributed by atoms with van der Waals surface area (Å²) in [7, 11) is 0. The summed E-state index contributed by atoms with van der Waals surface area (Å²) in [5.74, 6) is 7.77. The van der Waals surface area contributed by atoms with Crippen LogP contribution < -0.4 is 16.2 Å². The zero-order valence-corrected chi connectivity index (χ0v) is 13.7. The molecule has 2 unspecified atom stereocenters. The largest absolute Gasteiger partial charge is 0.353 e. The molecule has 3 rings (SSSR count). The number of hydrazine groups is 1. The van der Waals surface area contributed by atoms with Crippen LogP contribution in [0.3, 0.4) is 0 Å². The smallest absolute Gasteiger partial charge is 0.240 e. The molecule has 21 heavy (non-hydrogen) atoms. The Morgan fingerprint density at radius 1 is 1.43 bits per heavy atom. The number of nitrogens with one attached hydrogen (secondary N) is 1. The van der Waals surface area contributed by atoms with Gasteiger partial charge in [0.1, 0.15) is 10.6 Å². The lowest BCUT2D eigenvalue weighted by atomic mass is 9.92. The molecule has 1 aliphatic heterocycles. The second kappa shape index (κ2) is 5.77. The van der Waals surface area contributed by atoms with Gasteiger partial charge in [0, 0.05) is 17.5 Å². The molecule has 0 aromatic carbocycles. The molecule has 5 nitrogen and oxygen atoms in total. The molecule has 1 fully saturated rings. The van der Waals surface area contributed by atoms with Crippen LogP contribution in [0.1, 0.15) is 38.5 Å². The molecule has 3 N–H and O–H groups in total.